The zero-order valence-electron chi connectivity index (χ0n) is 16.6. The number of hydrogen-bond donors (Lipinski definition) is 1. The number of ketones is 1. The average Bonchev–Trinajstić information content (AvgIpc) is 3.42. The van der Waals surface area contributed by atoms with E-state index >= 15 is 0 Å². The monoisotopic (exact) mass is 470 g/mol. The van der Waals surface area contributed by atoms with Gasteiger partial charge < -0.3 is 9.29 Å². The third-order valence-corrected chi connectivity index (χ3v) is 6.05. The van der Waals surface area contributed by atoms with Crippen molar-refractivity contribution in [3.63, 3.8) is 0 Å². The molecule has 0 radical (unpaired) electrons. The lowest BCUT2D eigenvalue weighted by molar-refractivity contribution is -0.131. The zero-order chi connectivity index (χ0) is 22.8. The van der Waals surface area contributed by atoms with Gasteiger partial charge in [-0.25, -0.2) is 12.8 Å². The van der Waals surface area contributed by atoms with Crippen LogP contribution in [0.2, 0.25) is 0 Å². The molecule has 1 aromatic heterocycles. The van der Waals surface area contributed by atoms with Crippen LogP contribution in [0.4, 0.5) is 4.39 Å². The molecule has 2 aliphatic rings. The minimum Gasteiger partial charge on any atom is -0.726 e. The first-order valence-corrected chi connectivity index (χ1v) is 11.7. The minimum absolute atomic E-state index is 0.0556. The number of esters is 1. The number of carbonyl (C=O) groups excluding carboxylic acids is 2. The second kappa shape index (κ2) is 9.53. The summed E-state index contributed by atoms with van der Waals surface area (Å²) in [6.07, 6.45) is 2.57. The maximum absolute atomic E-state index is 14.4. The van der Waals surface area contributed by atoms with Crippen molar-refractivity contribution >= 4 is 33.5 Å². The van der Waals surface area contributed by atoms with E-state index in [0.29, 0.717) is 23.7 Å². The van der Waals surface area contributed by atoms with E-state index in [9.17, 15) is 14.0 Å². The summed E-state index contributed by atoms with van der Waals surface area (Å²) in [6.45, 7) is 2.63. The predicted molar refractivity (Wildman–Crippen MR) is 109 cm³/mol. The van der Waals surface area contributed by atoms with Crippen LogP contribution in [0.25, 0.3) is 0 Å². The lowest BCUT2D eigenvalue weighted by Crippen LogP contribution is -2.38. The van der Waals surface area contributed by atoms with Crippen LogP contribution in [-0.2, 0) is 33.0 Å². The van der Waals surface area contributed by atoms with Crippen LogP contribution in [0, 0.1) is 11.7 Å². The molecule has 11 heteroatoms. The molecule has 0 bridgehead atoms. The smallest absolute Gasteiger partial charge is 0.308 e. The van der Waals surface area contributed by atoms with Crippen molar-refractivity contribution in [3.05, 3.63) is 52.2 Å². The quantitative estimate of drug-likeness (QED) is 0.402. The van der Waals surface area contributed by atoms with Crippen molar-refractivity contribution in [2.24, 2.45) is 5.92 Å². The van der Waals surface area contributed by atoms with Gasteiger partial charge in [-0.2, -0.15) is 0 Å². The molecule has 2 heterocycles. The Morgan fingerprint density at radius 1 is 1.32 bits per heavy atom. The minimum atomic E-state index is -4.92. The van der Waals surface area contributed by atoms with E-state index in [1.807, 2.05) is 6.07 Å². The van der Waals surface area contributed by atoms with E-state index in [1.54, 1.807) is 18.2 Å². The topological polar surface area (TPSA) is 124 Å². The van der Waals surface area contributed by atoms with E-state index < -0.39 is 16.4 Å². The summed E-state index contributed by atoms with van der Waals surface area (Å²) in [5.41, 5.74) is 1.52. The van der Waals surface area contributed by atoms with Crippen LogP contribution in [0.15, 0.2) is 30.3 Å². The van der Waals surface area contributed by atoms with Crippen LogP contribution in [0.3, 0.4) is 0 Å². The fourth-order valence-electron chi connectivity index (χ4n) is 3.56. The van der Waals surface area contributed by atoms with Gasteiger partial charge >= 0.3 is 5.97 Å². The van der Waals surface area contributed by atoms with Gasteiger partial charge in [-0.05, 0) is 37.0 Å². The first-order valence-electron chi connectivity index (χ1n) is 9.53. The largest absolute Gasteiger partial charge is 0.726 e. The Labute approximate surface area is 183 Å². The Bertz CT molecular complexity index is 1070. The fraction of sp³-hybridized carbons (Fsp3) is 0.400. The van der Waals surface area contributed by atoms with Gasteiger partial charge in [0.1, 0.15) is 5.82 Å². The summed E-state index contributed by atoms with van der Waals surface area (Å²) >= 11 is 1.47. The zero-order valence-corrected chi connectivity index (χ0v) is 18.2. The molecule has 2 aromatic rings. The standard InChI is InChI=1S/C20H20FNO3S.H2O4S/c1-12(23)25-18-10-14-11-22(9-8-17(14)26-18)19(20(24)13-6-7-13)15-4-2-3-5-16(15)21;1-5(2,3)4/h2-5,10,13,19H,6-9,11H2,1H3;(H2,1,2,3,4)/p-1. The summed E-state index contributed by atoms with van der Waals surface area (Å²) in [4.78, 5) is 27.4. The second-order valence-corrected chi connectivity index (χ2v) is 9.31. The molecule has 0 saturated heterocycles. The highest BCUT2D eigenvalue weighted by atomic mass is 32.3. The number of hydrogen-bond acceptors (Lipinski definition) is 8. The molecular weight excluding hydrogens is 449 g/mol. The summed E-state index contributed by atoms with van der Waals surface area (Å²) in [5.74, 6) is -0.495. The van der Waals surface area contributed by atoms with Crippen molar-refractivity contribution in [3.8, 4) is 5.06 Å². The van der Waals surface area contributed by atoms with E-state index in [-0.39, 0.29) is 23.5 Å². The van der Waals surface area contributed by atoms with Gasteiger partial charge in [0.25, 0.3) is 0 Å². The van der Waals surface area contributed by atoms with Crippen LogP contribution >= 0.6 is 11.3 Å². The molecule has 0 amide bonds. The lowest BCUT2D eigenvalue weighted by Gasteiger charge is -2.34. The summed E-state index contributed by atoms with van der Waals surface area (Å²) in [6, 6.07) is 7.89. The number of fused-ring (bicyclic) bond motifs is 1. The molecular formula is C20H21FNO7S2-. The highest BCUT2D eigenvalue weighted by Crippen LogP contribution is 2.41. The van der Waals surface area contributed by atoms with Crippen molar-refractivity contribution < 1.29 is 36.2 Å². The van der Waals surface area contributed by atoms with Gasteiger partial charge in [0.2, 0.25) is 10.4 Å². The molecule has 1 aliphatic heterocycles. The number of ether oxygens (including phenoxy) is 1. The summed E-state index contributed by atoms with van der Waals surface area (Å²) in [7, 11) is -4.92. The third kappa shape index (κ3) is 6.65. The average molecular weight is 471 g/mol. The first-order chi connectivity index (χ1) is 14.5. The molecule has 1 aromatic carbocycles. The van der Waals surface area contributed by atoms with E-state index in [1.165, 1.54) is 29.2 Å². The Morgan fingerprint density at radius 2 is 1.97 bits per heavy atom. The van der Waals surface area contributed by atoms with Crippen molar-refractivity contribution in [2.45, 2.75) is 38.8 Å². The van der Waals surface area contributed by atoms with Gasteiger partial charge in [0, 0.05) is 36.4 Å². The van der Waals surface area contributed by atoms with Crippen LogP contribution < -0.4 is 4.74 Å². The molecule has 1 atom stereocenters. The number of rotatable bonds is 5. The molecule has 4 rings (SSSR count). The Morgan fingerprint density at radius 3 is 2.55 bits per heavy atom. The number of halogens is 1. The molecule has 0 spiro atoms. The molecule has 1 N–H and O–H groups in total. The molecule has 31 heavy (non-hydrogen) atoms. The second-order valence-electron chi connectivity index (χ2n) is 7.36. The Balaban J connectivity index is 0.000000491. The first kappa shape index (κ1) is 23.5. The Kier molecular flexibility index (Phi) is 7.22. The number of benzene rings is 1. The van der Waals surface area contributed by atoms with Crippen LogP contribution in [0.5, 0.6) is 5.06 Å². The van der Waals surface area contributed by atoms with Crippen molar-refractivity contribution in [1.29, 1.82) is 0 Å². The molecule has 1 fully saturated rings. The Hall–Kier alpha value is -2.18. The maximum Gasteiger partial charge on any atom is 0.308 e. The number of thiophene rings is 1. The fourth-order valence-corrected chi connectivity index (χ4v) is 4.61. The van der Waals surface area contributed by atoms with Crippen LogP contribution in [0.1, 0.15) is 41.8 Å². The number of nitrogens with zero attached hydrogens (tertiary/aromatic N) is 1. The molecule has 1 saturated carbocycles. The van der Waals surface area contributed by atoms with Crippen LogP contribution in [-0.4, -0.2) is 40.7 Å². The molecule has 8 nitrogen and oxygen atoms in total. The molecule has 168 valence electrons. The van der Waals surface area contributed by atoms with E-state index in [2.05, 4.69) is 4.90 Å². The summed E-state index contributed by atoms with van der Waals surface area (Å²) < 4.78 is 52.5. The predicted octanol–water partition coefficient (Wildman–Crippen LogP) is 2.90. The normalized spacial score (nSPS) is 17.2. The SMILES string of the molecule is CC(=O)Oc1cc2c(s1)CCN(C(C(=O)C1CC1)c1ccccc1F)C2.O=S(=O)([O-])O. The van der Waals surface area contributed by atoms with Crippen molar-refractivity contribution in [1.82, 2.24) is 4.90 Å². The van der Waals surface area contributed by atoms with Crippen molar-refractivity contribution in [2.75, 3.05) is 6.54 Å². The van der Waals surface area contributed by atoms with Gasteiger partial charge in [-0.15, -0.1) is 11.3 Å². The van der Waals surface area contributed by atoms with Gasteiger partial charge in [0.15, 0.2) is 10.8 Å². The van der Waals surface area contributed by atoms with E-state index in [0.717, 1.165) is 24.8 Å². The summed E-state index contributed by atoms with van der Waals surface area (Å²) in [5, 5.41) is 0.584. The molecule has 1 aliphatic carbocycles. The number of Topliss-reactive ketones (excluding diaryl/α,β-unsaturated/α-hetero) is 1. The number of carbonyl (C=O) groups is 2. The highest BCUT2D eigenvalue weighted by molar-refractivity contribution is 7.79. The highest BCUT2D eigenvalue weighted by Gasteiger charge is 2.40. The van der Waals surface area contributed by atoms with Gasteiger partial charge in [-0.3, -0.25) is 19.0 Å². The maximum atomic E-state index is 14.4. The third-order valence-electron chi connectivity index (χ3n) is 4.93. The molecule has 1 unspecified atom stereocenters. The van der Waals surface area contributed by atoms with E-state index in [4.69, 9.17) is 22.3 Å². The van der Waals surface area contributed by atoms with Gasteiger partial charge in [-0.1, -0.05) is 18.2 Å². The lowest BCUT2D eigenvalue weighted by atomic mass is 9.95. The van der Waals surface area contributed by atoms with Gasteiger partial charge in [0.05, 0.1) is 6.04 Å².